The molecule has 4 rings (SSSR count). The molecule has 1 saturated heterocycles. The molecule has 0 bridgehead atoms. The van der Waals surface area contributed by atoms with Crippen molar-refractivity contribution in [1.29, 1.82) is 0 Å². The van der Waals surface area contributed by atoms with Gasteiger partial charge in [0.2, 0.25) is 5.91 Å². The van der Waals surface area contributed by atoms with E-state index in [1.54, 1.807) is 12.0 Å². The van der Waals surface area contributed by atoms with Gasteiger partial charge in [-0.2, -0.15) is 0 Å². The van der Waals surface area contributed by atoms with Gasteiger partial charge in [-0.15, -0.1) is 0 Å². The molecule has 2 aliphatic rings. The predicted octanol–water partition coefficient (Wildman–Crippen LogP) is 3.25. The van der Waals surface area contributed by atoms with Crippen LogP contribution in [0.25, 0.3) is 11.1 Å². The van der Waals surface area contributed by atoms with Gasteiger partial charge in [0, 0.05) is 23.7 Å². The Morgan fingerprint density at radius 3 is 2.67 bits per heavy atom. The quantitative estimate of drug-likeness (QED) is 0.886. The van der Waals surface area contributed by atoms with Gasteiger partial charge >= 0.3 is 0 Å². The number of ether oxygens (including phenoxy) is 1. The lowest BCUT2D eigenvalue weighted by Gasteiger charge is -2.24. The molecule has 5 nitrogen and oxygen atoms in total. The van der Waals surface area contributed by atoms with Crippen molar-refractivity contribution in [3.05, 3.63) is 54.1 Å². The van der Waals surface area contributed by atoms with E-state index in [9.17, 15) is 9.59 Å². The van der Waals surface area contributed by atoms with Crippen LogP contribution in [-0.2, 0) is 4.79 Å². The van der Waals surface area contributed by atoms with E-state index >= 15 is 0 Å². The van der Waals surface area contributed by atoms with Gasteiger partial charge in [-0.1, -0.05) is 30.3 Å². The van der Waals surface area contributed by atoms with Crippen molar-refractivity contribution in [2.75, 3.05) is 13.7 Å². The van der Waals surface area contributed by atoms with E-state index in [0.29, 0.717) is 18.2 Å². The number of benzene rings is 2. The summed E-state index contributed by atoms with van der Waals surface area (Å²) in [6.07, 6.45) is 3.69. The molecule has 0 aromatic heterocycles. The zero-order valence-corrected chi connectivity index (χ0v) is 15.5. The number of nitrogens with zero attached hydrogens (tertiary/aromatic N) is 1. The first-order valence-electron chi connectivity index (χ1n) is 9.52. The van der Waals surface area contributed by atoms with Crippen molar-refractivity contribution in [1.82, 2.24) is 10.2 Å². The zero-order chi connectivity index (χ0) is 18.8. The Kier molecular flexibility index (Phi) is 4.84. The van der Waals surface area contributed by atoms with Crippen LogP contribution in [0.3, 0.4) is 0 Å². The van der Waals surface area contributed by atoms with Gasteiger partial charge in [0.1, 0.15) is 11.8 Å². The molecule has 1 aliphatic carbocycles. The number of rotatable bonds is 5. The third-order valence-corrected chi connectivity index (χ3v) is 5.27. The molecule has 0 spiro atoms. The Bertz CT molecular complexity index is 860. The molecule has 27 heavy (non-hydrogen) atoms. The van der Waals surface area contributed by atoms with Gasteiger partial charge in [0.25, 0.3) is 5.91 Å². The van der Waals surface area contributed by atoms with Gasteiger partial charge in [0.05, 0.1) is 7.11 Å². The van der Waals surface area contributed by atoms with Crippen LogP contribution in [0.5, 0.6) is 5.75 Å². The van der Waals surface area contributed by atoms with Crippen LogP contribution in [0.15, 0.2) is 48.5 Å². The number of para-hydroxylation sites is 1. The molecule has 2 amide bonds. The molecule has 140 valence electrons. The summed E-state index contributed by atoms with van der Waals surface area (Å²) in [4.78, 5) is 27.3. The first-order chi connectivity index (χ1) is 13.2. The number of methoxy groups -OCH3 is 1. The average Bonchev–Trinajstić information content (AvgIpc) is 3.38. The summed E-state index contributed by atoms with van der Waals surface area (Å²) in [5.41, 5.74) is 2.47. The molecular weight excluding hydrogens is 340 g/mol. The Balaban J connectivity index is 1.57. The second kappa shape index (κ2) is 7.43. The van der Waals surface area contributed by atoms with Crippen molar-refractivity contribution in [2.24, 2.45) is 0 Å². The molecule has 0 radical (unpaired) electrons. The highest BCUT2D eigenvalue weighted by atomic mass is 16.5. The van der Waals surface area contributed by atoms with E-state index in [2.05, 4.69) is 5.32 Å². The van der Waals surface area contributed by atoms with E-state index in [-0.39, 0.29) is 17.9 Å². The summed E-state index contributed by atoms with van der Waals surface area (Å²) >= 11 is 0. The minimum absolute atomic E-state index is 0.00997. The minimum Gasteiger partial charge on any atom is -0.496 e. The fraction of sp³-hybridized carbons (Fsp3) is 0.364. The molecule has 1 N–H and O–H groups in total. The molecule has 1 saturated carbocycles. The van der Waals surface area contributed by atoms with Crippen molar-refractivity contribution < 1.29 is 14.3 Å². The Morgan fingerprint density at radius 2 is 1.89 bits per heavy atom. The third-order valence-electron chi connectivity index (χ3n) is 5.27. The third kappa shape index (κ3) is 3.68. The summed E-state index contributed by atoms with van der Waals surface area (Å²) in [5.74, 6) is 0.675. The van der Waals surface area contributed by atoms with Gasteiger partial charge < -0.3 is 15.0 Å². The highest BCUT2D eigenvalue weighted by molar-refractivity contribution is 5.99. The number of likely N-dealkylation sites (tertiary alicyclic amines) is 1. The average molecular weight is 364 g/mol. The second-order valence-electron chi connectivity index (χ2n) is 7.22. The van der Waals surface area contributed by atoms with Crippen molar-refractivity contribution >= 4 is 11.8 Å². The van der Waals surface area contributed by atoms with Crippen LogP contribution in [0.4, 0.5) is 0 Å². The molecule has 1 aliphatic heterocycles. The fourth-order valence-corrected chi connectivity index (χ4v) is 3.68. The SMILES string of the molecule is COc1ccccc1-c1cccc(C(=O)N2CCC[C@H]2C(=O)NC2CC2)c1. The fourth-order valence-electron chi connectivity index (χ4n) is 3.68. The number of hydrogen-bond donors (Lipinski definition) is 1. The van der Waals surface area contributed by atoms with Crippen LogP contribution in [0.1, 0.15) is 36.0 Å². The van der Waals surface area contributed by atoms with Crippen LogP contribution in [-0.4, -0.2) is 42.5 Å². The molecule has 0 unspecified atom stereocenters. The van der Waals surface area contributed by atoms with Crippen LogP contribution >= 0.6 is 0 Å². The van der Waals surface area contributed by atoms with E-state index in [0.717, 1.165) is 42.6 Å². The van der Waals surface area contributed by atoms with Gasteiger partial charge in [-0.05, 0) is 49.4 Å². The van der Waals surface area contributed by atoms with E-state index in [1.165, 1.54) is 0 Å². The summed E-state index contributed by atoms with van der Waals surface area (Å²) < 4.78 is 5.44. The van der Waals surface area contributed by atoms with Crippen LogP contribution in [0, 0.1) is 0 Å². The largest absolute Gasteiger partial charge is 0.496 e. The smallest absolute Gasteiger partial charge is 0.254 e. The lowest BCUT2D eigenvalue weighted by Crippen LogP contribution is -2.46. The summed E-state index contributed by atoms with van der Waals surface area (Å²) in [5, 5.41) is 3.04. The zero-order valence-electron chi connectivity index (χ0n) is 15.5. The lowest BCUT2D eigenvalue weighted by molar-refractivity contribution is -0.125. The number of hydrogen-bond acceptors (Lipinski definition) is 3. The molecule has 1 heterocycles. The topological polar surface area (TPSA) is 58.6 Å². The van der Waals surface area contributed by atoms with E-state index in [4.69, 9.17) is 4.74 Å². The Morgan fingerprint density at radius 1 is 1.07 bits per heavy atom. The summed E-state index contributed by atoms with van der Waals surface area (Å²) in [7, 11) is 1.64. The van der Waals surface area contributed by atoms with Gasteiger partial charge in [0.15, 0.2) is 0 Å². The molecule has 5 heteroatoms. The Hall–Kier alpha value is -2.82. The monoisotopic (exact) mass is 364 g/mol. The first-order valence-corrected chi connectivity index (χ1v) is 9.52. The maximum absolute atomic E-state index is 13.1. The molecule has 2 fully saturated rings. The lowest BCUT2D eigenvalue weighted by atomic mass is 10.0. The van der Waals surface area contributed by atoms with Crippen molar-refractivity contribution in [3.63, 3.8) is 0 Å². The number of carbonyl (C=O) groups is 2. The van der Waals surface area contributed by atoms with Gasteiger partial charge in [-0.3, -0.25) is 9.59 Å². The highest BCUT2D eigenvalue weighted by Gasteiger charge is 2.36. The molecular formula is C22H24N2O3. The summed E-state index contributed by atoms with van der Waals surface area (Å²) in [6, 6.07) is 15.3. The van der Waals surface area contributed by atoms with E-state index in [1.807, 2.05) is 48.5 Å². The Labute approximate surface area is 159 Å². The maximum Gasteiger partial charge on any atom is 0.254 e. The standard InChI is InChI=1S/C22H24N2O3/c1-27-20-10-3-2-8-18(20)15-6-4-7-16(14-15)22(26)24-13-5-9-19(24)21(25)23-17-11-12-17/h2-4,6-8,10,14,17,19H,5,9,11-13H2,1H3,(H,23,25)/t19-/m0/s1. The highest BCUT2D eigenvalue weighted by Crippen LogP contribution is 2.31. The number of amides is 2. The van der Waals surface area contributed by atoms with E-state index < -0.39 is 0 Å². The number of carbonyl (C=O) groups excluding carboxylic acids is 2. The van der Waals surface area contributed by atoms with Crippen LogP contribution < -0.4 is 10.1 Å². The maximum atomic E-state index is 13.1. The normalized spacial score (nSPS) is 19.0. The minimum atomic E-state index is -0.354. The van der Waals surface area contributed by atoms with Gasteiger partial charge in [-0.25, -0.2) is 0 Å². The first kappa shape index (κ1) is 17.6. The molecule has 1 atom stereocenters. The number of nitrogens with one attached hydrogen (secondary N) is 1. The predicted molar refractivity (Wildman–Crippen MR) is 104 cm³/mol. The van der Waals surface area contributed by atoms with Crippen LogP contribution in [0.2, 0.25) is 0 Å². The van der Waals surface area contributed by atoms with Crippen molar-refractivity contribution in [2.45, 2.75) is 37.8 Å². The second-order valence-corrected chi connectivity index (χ2v) is 7.22. The van der Waals surface area contributed by atoms with Crippen molar-refractivity contribution in [3.8, 4) is 16.9 Å². The summed E-state index contributed by atoms with van der Waals surface area (Å²) in [6.45, 7) is 0.625. The molecule has 2 aromatic carbocycles. The molecule has 2 aromatic rings.